The second-order valence-electron chi connectivity index (χ2n) is 6.59. The molecule has 1 saturated carbocycles. The molecule has 0 saturated heterocycles. The van der Waals surface area contributed by atoms with Gasteiger partial charge in [0.25, 0.3) is 5.91 Å². The summed E-state index contributed by atoms with van der Waals surface area (Å²) in [4.78, 5) is 24.8. The largest absolute Gasteiger partial charge is 0.469 e. The third-order valence-corrected chi connectivity index (χ3v) is 5.44. The van der Waals surface area contributed by atoms with Crippen molar-refractivity contribution in [2.45, 2.75) is 19.4 Å². The van der Waals surface area contributed by atoms with Gasteiger partial charge in [0, 0.05) is 16.0 Å². The van der Waals surface area contributed by atoms with Gasteiger partial charge in [-0.2, -0.15) is 0 Å². The van der Waals surface area contributed by atoms with E-state index in [1.54, 1.807) is 12.1 Å². The number of carbonyl (C=O) groups is 2. The van der Waals surface area contributed by atoms with Crippen molar-refractivity contribution in [1.82, 2.24) is 5.32 Å². The number of halogens is 1. The van der Waals surface area contributed by atoms with Crippen LogP contribution in [0.4, 0.5) is 0 Å². The summed E-state index contributed by atoms with van der Waals surface area (Å²) in [5.74, 6) is -0.362. The Balaban J connectivity index is 1.84. The maximum absolute atomic E-state index is 12.7. The number of esters is 1. The Morgan fingerprint density at radius 1 is 1.16 bits per heavy atom. The molecule has 0 spiro atoms. The van der Waals surface area contributed by atoms with Crippen LogP contribution in [0.15, 0.2) is 59.1 Å². The Labute approximate surface area is 155 Å². The van der Waals surface area contributed by atoms with Gasteiger partial charge in [0.1, 0.15) is 0 Å². The first-order valence-electron chi connectivity index (χ1n) is 8.15. The fraction of sp³-hybridized carbons (Fsp3) is 0.300. The smallest absolute Gasteiger partial charge is 0.311 e. The third kappa shape index (κ3) is 3.61. The van der Waals surface area contributed by atoms with Gasteiger partial charge in [-0.25, -0.2) is 0 Å². The molecule has 3 atom stereocenters. The van der Waals surface area contributed by atoms with Gasteiger partial charge in [-0.15, -0.1) is 0 Å². The molecule has 130 valence electrons. The second kappa shape index (κ2) is 7.00. The van der Waals surface area contributed by atoms with Crippen molar-refractivity contribution in [2.75, 3.05) is 7.11 Å². The van der Waals surface area contributed by atoms with Crippen molar-refractivity contribution in [3.05, 3.63) is 70.2 Å². The highest BCUT2D eigenvalue weighted by Gasteiger charge is 2.60. The van der Waals surface area contributed by atoms with Crippen LogP contribution in [0, 0.1) is 11.3 Å². The Bertz CT molecular complexity index is 775. The van der Waals surface area contributed by atoms with E-state index in [2.05, 4.69) is 21.2 Å². The highest BCUT2D eigenvalue weighted by Crippen LogP contribution is 2.58. The topological polar surface area (TPSA) is 55.4 Å². The molecule has 1 amide bonds. The number of benzene rings is 2. The van der Waals surface area contributed by atoms with Gasteiger partial charge in [0.2, 0.25) is 0 Å². The minimum Gasteiger partial charge on any atom is -0.469 e. The van der Waals surface area contributed by atoms with Crippen LogP contribution < -0.4 is 5.32 Å². The van der Waals surface area contributed by atoms with Crippen molar-refractivity contribution in [2.24, 2.45) is 11.3 Å². The average Bonchev–Trinajstić information content (AvgIpc) is 3.32. The molecule has 2 aromatic carbocycles. The number of rotatable bonds is 5. The molecule has 1 aliphatic rings. The fourth-order valence-electron chi connectivity index (χ4n) is 3.25. The van der Waals surface area contributed by atoms with Crippen LogP contribution in [0.5, 0.6) is 0 Å². The SMILES string of the molecule is COC(=O)[C@]1(C)C[C@H]1[C@H](NC(=O)c1ccc(Br)cc1)c1ccccc1. The molecule has 0 aliphatic heterocycles. The molecule has 5 heteroatoms. The van der Waals surface area contributed by atoms with Crippen LogP contribution in [-0.2, 0) is 9.53 Å². The van der Waals surface area contributed by atoms with Gasteiger partial charge in [-0.1, -0.05) is 46.3 Å². The van der Waals surface area contributed by atoms with Crippen molar-refractivity contribution in [1.29, 1.82) is 0 Å². The van der Waals surface area contributed by atoms with E-state index in [4.69, 9.17) is 4.74 Å². The molecule has 1 N–H and O–H groups in total. The normalized spacial score (nSPS) is 22.8. The number of methoxy groups -OCH3 is 1. The average molecular weight is 402 g/mol. The molecule has 25 heavy (non-hydrogen) atoms. The minimum atomic E-state index is -0.553. The lowest BCUT2D eigenvalue weighted by Gasteiger charge is -2.21. The summed E-state index contributed by atoms with van der Waals surface area (Å²) >= 11 is 3.37. The van der Waals surface area contributed by atoms with E-state index < -0.39 is 5.41 Å². The molecule has 0 radical (unpaired) electrons. The first kappa shape index (κ1) is 17.7. The zero-order valence-corrected chi connectivity index (χ0v) is 15.7. The summed E-state index contributed by atoms with van der Waals surface area (Å²) in [5.41, 5.74) is 1.03. The first-order chi connectivity index (χ1) is 12.0. The van der Waals surface area contributed by atoms with Crippen LogP contribution in [-0.4, -0.2) is 19.0 Å². The van der Waals surface area contributed by atoms with Gasteiger partial charge in [-0.3, -0.25) is 9.59 Å². The fourth-order valence-corrected chi connectivity index (χ4v) is 3.52. The molecule has 0 heterocycles. The summed E-state index contributed by atoms with van der Waals surface area (Å²) in [6, 6.07) is 16.7. The van der Waals surface area contributed by atoms with Crippen LogP contribution >= 0.6 is 15.9 Å². The second-order valence-corrected chi connectivity index (χ2v) is 7.50. The van der Waals surface area contributed by atoms with Crippen molar-refractivity contribution < 1.29 is 14.3 Å². The molecule has 0 aromatic heterocycles. The molecule has 2 aromatic rings. The van der Waals surface area contributed by atoms with Gasteiger partial charge in [-0.05, 0) is 43.2 Å². The van der Waals surface area contributed by atoms with E-state index in [0.29, 0.717) is 12.0 Å². The first-order valence-corrected chi connectivity index (χ1v) is 8.95. The Hall–Kier alpha value is -2.14. The van der Waals surface area contributed by atoms with Gasteiger partial charge in [0.05, 0.1) is 18.6 Å². The summed E-state index contributed by atoms with van der Waals surface area (Å²) in [5, 5.41) is 3.10. The number of hydrogen-bond acceptors (Lipinski definition) is 3. The van der Waals surface area contributed by atoms with E-state index >= 15 is 0 Å². The molecule has 1 fully saturated rings. The van der Waals surface area contributed by atoms with Gasteiger partial charge in [0.15, 0.2) is 0 Å². The predicted molar refractivity (Wildman–Crippen MR) is 99.0 cm³/mol. The van der Waals surface area contributed by atoms with E-state index in [9.17, 15) is 9.59 Å². The van der Waals surface area contributed by atoms with Crippen LogP contribution in [0.25, 0.3) is 0 Å². The van der Waals surface area contributed by atoms with E-state index in [1.165, 1.54) is 7.11 Å². The molecule has 3 rings (SSSR count). The maximum atomic E-state index is 12.7. The standard InChI is InChI=1S/C20H20BrNO3/c1-20(19(24)25-2)12-16(20)17(13-6-4-3-5-7-13)22-18(23)14-8-10-15(21)11-9-14/h3-11,16-17H,12H2,1-2H3,(H,22,23)/t16-,17+,20+/m0/s1. The molecule has 0 unspecified atom stereocenters. The molecule has 0 bridgehead atoms. The lowest BCUT2D eigenvalue weighted by atomic mass is 9.95. The van der Waals surface area contributed by atoms with Crippen molar-refractivity contribution in [3.63, 3.8) is 0 Å². The Kier molecular flexibility index (Phi) is 4.95. The van der Waals surface area contributed by atoms with Crippen molar-refractivity contribution >= 4 is 27.8 Å². The quantitative estimate of drug-likeness (QED) is 0.766. The number of carbonyl (C=O) groups excluding carboxylic acids is 2. The third-order valence-electron chi connectivity index (χ3n) is 4.91. The Morgan fingerprint density at radius 2 is 1.80 bits per heavy atom. The number of hydrogen-bond donors (Lipinski definition) is 1. The summed E-state index contributed by atoms with van der Waals surface area (Å²) < 4.78 is 5.86. The zero-order valence-electron chi connectivity index (χ0n) is 14.2. The van der Waals surface area contributed by atoms with E-state index in [-0.39, 0.29) is 23.8 Å². The van der Waals surface area contributed by atoms with E-state index in [1.807, 2.05) is 49.4 Å². The number of nitrogens with one attached hydrogen (secondary N) is 1. The lowest BCUT2D eigenvalue weighted by Crippen LogP contribution is -2.32. The molecular weight excluding hydrogens is 382 g/mol. The number of amides is 1. The maximum Gasteiger partial charge on any atom is 0.311 e. The van der Waals surface area contributed by atoms with Crippen molar-refractivity contribution in [3.8, 4) is 0 Å². The van der Waals surface area contributed by atoms with Crippen LogP contribution in [0.1, 0.15) is 35.3 Å². The molecule has 1 aliphatic carbocycles. The monoisotopic (exact) mass is 401 g/mol. The van der Waals surface area contributed by atoms with E-state index in [0.717, 1.165) is 10.0 Å². The highest BCUT2D eigenvalue weighted by atomic mass is 79.9. The zero-order chi connectivity index (χ0) is 18.0. The van der Waals surface area contributed by atoms with Gasteiger partial charge < -0.3 is 10.1 Å². The molecular formula is C20H20BrNO3. The number of ether oxygens (including phenoxy) is 1. The molecule has 4 nitrogen and oxygen atoms in total. The Morgan fingerprint density at radius 3 is 2.40 bits per heavy atom. The predicted octanol–water partition coefficient (Wildman–Crippen LogP) is 4.12. The van der Waals surface area contributed by atoms with Crippen LogP contribution in [0.3, 0.4) is 0 Å². The highest BCUT2D eigenvalue weighted by molar-refractivity contribution is 9.10. The minimum absolute atomic E-state index is 0.0155. The van der Waals surface area contributed by atoms with Crippen LogP contribution in [0.2, 0.25) is 0 Å². The lowest BCUT2D eigenvalue weighted by molar-refractivity contribution is -0.147. The summed E-state index contributed by atoms with van der Waals surface area (Å²) in [6.45, 7) is 1.89. The summed E-state index contributed by atoms with van der Waals surface area (Å²) in [6.07, 6.45) is 0.694. The van der Waals surface area contributed by atoms with Gasteiger partial charge >= 0.3 is 5.97 Å². The summed E-state index contributed by atoms with van der Waals surface area (Å²) in [7, 11) is 1.40.